The molecule has 0 aromatic carbocycles. The normalized spacial score (nSPS) is 17.6. The lowest BCUT2D eigenvalue weighted by atomic mass is 10.1. The van der Waals surface area contributed by atoms with E-state index in [2.05, 4.69) is 28.3 Å². The van der Waals surface area contributed by atoms with Gasteiger partial charge in [0.05, 0.1) is 5.25 Å². The second kappa shape index (κ2) is 8.30. The van der Waals surface area contributed by atoms with Crippen molar-refractivity contribution < 1.29 is 4.79 Å². The molecule has 0 saturated heterocycles. The standard InChI is InChI=1S/C18H25N3OS2/c1-3-14-10-15-17(19-11-20-18(15)24-14)23-12(2)16(22)21-13-8-6-4-5-7-9-13/h10-13H,3-9H2,1-2H3,(H,21,22). The smallest absolute Gasteiger partial charge is 0.233 e. The van der Waals surface area contributed by atoms with E-state index in [1.165, 1.54) is 30.6 Å². The Balaban J connectivity index is 1.66. The van der Waals surface area contributed by atoms with Gasteiger partial charge >= 0.3 is 0 Å². The quantitative estimate of drug-likeness (QED) is 0.480. The van der Waals surface area contributed by atoms with E-state index in [0.717, 1.165) is 34.5 Å². The van der Waals surface area contributed by atoms with E-state index in [4.69, 9.17) is 0 Å². The minimum Gasteiger partial charge on any atom is -0.352 e. The number of carbonyl (C=O) groups excluding carboxylic acids is 1. The molecule has 2 aromatic heterocycles. The van der Waals surface area contributed by atoms with Gasteiger partial charge in [-0.3, -0.25) is 4.79 Å². The van der Waals surface area contributed by atoms with Crippen LogP contribution in [0.3, 0.4) is 0 Å². The summed E-state index contributed by atoms with van der Waals surface area (Å²) in [6.45, 7) is 4.12. The molecule has 4 nitrogen and oxygen atoms in total. The third-order valence-electron chi connectivity index (χ3n) is 4.55. The van der Waals surface area contributed by atoms with Crippen molar-refractivity contribution in [3.05, 3.63) is 17.3 Å². The van der Waals surface area contributed by atoms with Crippen molar-refractivity contribution >= 4 is 39.2 Å². The largest absolute Gasteiger partial charge is 0.352 e. The number of carbonyl (C=O) groups is 1. The van der Waals surface area contributed by atoms with Gasteiger partial charge in [-0.15, -0.1) is 11.3 Å². The van der Waals surface area contributed by atoms with Crippen molar-refractivity contribution in [3.8, 4) is 0 Å². The van der Waals surface area contributed by atoms with Crippen LogP contribution in [0.2, 0.25) is 0 Å². The van der Waals surface area contributed by atoms with Crippen LogP contribution in [0, 0.1) is 0 Å². The fraction of sp³-hybridized carbons (Fsp3) is 0.611. The number of hydrogen-bond acceptors (Lipinski definition) is 5. The van der Waals surface area contributed by atoms with E-state index in [1.807, 2.05) is 6.92 Å². The van der Waals surface area contributed by atoms with Gasteiger partial charge < -0.3 is 5.32 Å². The molecule has 1 N–H and O–H groups in total. The molecular formula is C18H25N3OS2. The van der Waals surface area contributed by atoms with Crippen LogP contribution in [0.25, 0.3) is 10.2 Å². The van der Waals surface area contributed by atoms with Gasteiger partial charge in [0.15, 0.2) is 0 Å². The van der Waals surface area contributed by atoms with Crippen LogP contribution < -0.4 is 5.32 Å². The molecule has 0 radical (unpaired) electrons. The summed E-state index contributed by atoms with van der Waals surface area (Å²) in [5, 5.41) is 5.10. The second-order valence-corrected chi connectivity index (χ2v) is 8.87. The van der Waals surface area contributed by atoms with Crippen LogP contribution in [-0.4, -0.2) is 27.2 Å². The lowest BCUT2D eigenvalue weighted by molar-refractivity contribution is -0.121. The van der Waals surface area contributed by atoms with Crippen LogP contribution in [0.4, 0.5) is 0 Å². The average molecular weight is 364 g/mol. The number of nitrogens with zero attached hydrogens (tertiary/aromatic N) is 2. The summed E-state index contributed by atoms with van der Waals surface area (Å²) in [6.07, 6.45) is 9.90. The van der Waals surface area contributed by atoms with Gasteiger partial charge in [-0.05, 0) is 32.3 Å². The van der Waals surface area contributed by atoms with Crippen LogP contribution in [0.5, 0.6) is 0 Å². The van der Waals surface area contributed by atoms with Crippen LogP contribution in [0.15, 0.2) is 17.4 Å². The number of aromatic nitrogens is 2. The fourth-order valence-corrected chi connectivity index (χ4v) is 5.02. The van der Waals surface area contributed by atoms with Gasteiger partial charge in [-0.1, -0.05) is 44.4 Å². The highest BCUT2D eigenvalue weighted by molar-refractivity contribution is 8.00. The molecule has 1 amide bonds. The Morgan fingerprint density at radius 1 is 1.33 bits per heavy atom. The summed E-state index contributed by atoms with van der Waals surface area (Å²) in [5.41, 5.74) is 0. The number of hydrogen-bond donors (Lipinski definition) is 1. The van der Waals surface area contributed by atoms with E-state index >= 15 is 0 Å². The van der Waals surface area contributed by atoms with Crippen molar-refractivity contribution in [1.29, 1.82) is 0 Å². The Kier molecular flexibility index (Phi) is 6.11. The second-order valence-electron chi connectivity index (χ2n) is 6.42. The zero-order chi connectivity index (χ0) is 16.9. The molecule has 6 heteroatoms. The molecule has 2 aromatic rings. The third-order valence-corrected chi connectivity index (χ3v) is 6.86. The maximum atomic E-state index is 12.6. The molecule has 0 spiro atoms. The summed E-state index contributed by atoms with van der Waals surface area (Å²) in [6, 6.07) is 2.51. The van der Waals surface area contributed by atoms with Crippen LogP contribution >= 0.6 is 23.1 Å². The maximum absolute atomic E-state index is 12.6. The molecule has 1 saturated carbocycles. The fourth-order valence-electron chi connectivity index (χ4n) is 3.12. The van der Waals surface area contributed by atoms with Crippen molar-refractivity contribution in [3.63, 3.8) is 0 Å². The molecule has 130 valence electrons. The number of thioether (sulfide) groups is 1. The zero-order valence-corrected chi connectivity index (χ0v) is 16.0. The Hall–Kier alpha value is -1.14. The number of thiophene rings is 1. The van der Waals surface area contributed by atoms with E-state index < -0.39 is 0 Å². The van der Waals surface area contributed by atoms with Gasteiger partial charge in [-0.2, -0.15) is 0 Å². The Labute approximate surface area is 151 Å². The lowest BCUT2D eigenvalue weighted by Gasteiger charge is -2.19. The minimum atomic E-state index is -0.142. The van der Waals surface area contributed by atoms with Gasteiger partial charge in [0, 0.05) is 16.3 Å². The van der Waals surface area contributed by atoms with E-state index in [9.17, 15) is 4.79 Å². The molecule has 1 aliphatic rings. The van der Waals surface area contributed by atoms with Crippen molar-refractivity contribution in [2.24, 2.45) is 0 Å². The number of nitrogens with one attached hydrogen (secondary N) is 1. The lowest BCUT2D eigenvalue weighted by Crippen LogP contribution is -2.39. The molecule has 0 bridgehead atoms. The first-order valence-electron chi connectivity index (χ1n) is 8.88. The SMILES string of the molecule is CCc1cc2c(SC(C)C(=O)NC3CCCCCC3)ncnc2s1. The maximum Gasteiger partial charge on any atom is 0.233 e. The molecule has 24 heavy (non-hydrogen) atoms. The van der Waals surface area contributed by atoms with Gasteiger partial charge in [0.2, 0.25) is 5.91 Å². The number of rotatable bonds is 5. The van der Waals surface area contributed by atoms with Crippen LogP contribution in [-0.2, 0) is 11.2 Å². The summed E-state index contributed by atoms with van der Waals surface area (Å²) in [7, 11) is 0. The molecule has 1 atom stereocenters. The van der Waals surface area contributed by atoms with Crippen molar-refractivity contribution in [2.75, 3.05) is 0 Å². The Bertz CT molecular complexity index is 693. The Morgan fingerprint density at radius 3 is 2.79 bits per heavy atom. The first-order valence-corrected chi connectivity index (χ1v) is 10.6. The first-order chi connectivity index (χ1) is 11.7. The van der Waals surface area contributed by atoms with Crippen molar-refractivity contribution in [2.45, 2.75) is 75.1 Å². The summed E-state index contributed by atoms with van der Waals surface area (Å²) in [4.78, 5) is 23.7. The summed E-state index contributed by atoms with van der Waals surface area (Å²) in [5.74, 6) is 0.129. The molecule has 2 heterocycles. The topological polar surface area (TPSA) is 54.9 Å². The molecular weight excluding hydrogens is 338 g/mol. The highest BCUT2D eigenvalue weighted by atomic mass is 32.2. The van der Waals surface area contributed by atoms with E-state index in [-0.39, 0.29) is 11.2 Å². The highest BCUT2D eigenvalue weighted by Crippen LogP contribution is 2.33. The zero-order valence-electron chi connectivity index (χ0n) is 14.4. The van der Waals surface area contributed by atoms with Gasteiger partial charge in [-0.25, -0.2) is 9.97 Å². The molecule has 0 aliphatic heterocycles. The average Bonchev–Trinajstić information content (AvgIpc) is 2.85. The van der Waals surface area contributed by atoms with E-state index in [1.54, 1.807) is 29.4 Å². The Morgan fingerprint density at radius 2 is 2.08 bits per heavy atom. The predicted octanol–water partition coefficient (Wildman–Crippen LogP) is 4.57. The first kappa shape index (κ1) is 17.7. The summed E-state index contributed by atoms with van der Waals surface area (Å²) >= 11 is 3.25. The molecule has 1 fully saturated rings. The number of amides is 1. The predicted molar refractivity (Wildman–Crippen MR) is 102 cm³/mol. The minimum absolute atomic E-state index is 0.129. The molecule has 3 rings (SSSR count). The van der Waals surface area contributed by atoms with Crippen molar-refractivity contribution in [1.82, 2.24) is 15.3 Å². The van der Waals surface area contributed by atoms with Gasteiger partial charge in [0.25, 0.3) is 0 Å². The van der Waals surface area contributed by atoms with Crippen LogP contribution in [0.1, 0.15) is 57.2 Å². The summed E-state index contributed by atoms with van der Waals surface area (Å²) < 4.78 is 0. The molecule has 1 aliphatic carbocycles. The van der Waals surface area contributed by atoms with E-state index in [0.29, 0.717) is 6.04 Å². The van der Waals surface area contributed by atoms with Gasteiger partial charge in [0.1, 0.15) is 16.2 Å². The molecule has 1 unspecified atom stereocenters. The highest BCUT2D eigenvalue weighted by Gasteiger charge is 2.21. The number of aryl methyl sites for hydroxylation is 1. The number of fused-ring (bicyclic) bond motifs is 1. The monoisotopic (exact) mass is 363 g/mol. The third kappa shape index (κ3) is 4.28.